The van der Waals surface area contributed by atoms with Crippen molar-refractivity contribution in [2.75, 3.05) is 5.32 Å². The van der Waals surface area contributed by atoms with Crippen molar-refractivity contribution < 1.29 is 4.79 Å². The highest BCUT2D eigenvalue weighted by molar-refractivity contribution is 5.93. The minimum absolute atomic E-state index is 0.107. The zero-order valence-electron chi connectivity index (χ0n) is 17.9. The molecule has 0 unspecified atom stereocenters. The number of aromatic nitrogens is 7. The number of anilines is 1. The Morgan fingerprint density at radius 2 is 1.85 bits per heavy atom. The molecule has 6 aromatic rings. The molecule has 0 fully saturated rings. The van der Waals surface area contributed by atoms with Gasteiger partial charge < -0.3 is 10.3 Å². The molecule has 0 saturated carbocycles. The molecule has 0 atom stereocenters. The lowest BCUT2D eigenvalue weighted by atomic mass is 10.1. The van der Waals surface area contributed by atoms with E-state index in [1.165, 1.54) is 0 Å². The highest BCUT2D eigenvalue weighted by Gasteiger charge is 2.15. The summed E-state index contributed by atoms with van der Waals surface area (Å²) in [5.74, 6) is 0.480. The van der Waals surface area contributed by atoms with Gasteiger partial charge in [-0.1, -0.05) is 30.3 Å². The molecular weight excluding hydrogens is 428 g/mol. The minimum atomic E-state index is -0.107. The first-order valence-corrected chi connectivity index (χ1v) is 10.7. The van der Waals surface area contributed by atoms with Crippen molar-refractivity contribution in [3.05, 3.63) is 84.8 Å². The summed E-state index contributed by atoms with van der Waals surface area (Å²) in [6.45, 7) is 0. The van der Waals surface area contributed by atoms with Crippen LogP contribution in [0.5, 0.6) is 0 Å². The number of pyridine rings is 3. The number of nitrogens with zero attached hydrogens (tertiary/aromatic N) is 5. The van der Waals surface area contributed by atoms with Gasteiger partial charge in [0.05, 0.1) is 35.0 Å². The van der Waals surface area contributed by atoms with E-state index in [1.54, 1.807) is 18.6 Å². The first-order chi connectivity index (χ1) is 16.7. The van der Waals surface area contributed by atoms with Crippen molar-refractivity contribution in [3.8, 4) is 22.8 Å². The number of hydrogen-bond acceptors (Lipinski definition) is 6. The molecule has 6 rings (SSSR count). The Hall–Kier alpha value is -4.92. The molecule has 0 spiro atoms. The molecule has 9 heteroatoms. The number of fused-ring (bicyclic) bond motifs is 2. The number of aromatic amines is 2. The van der Waals surface area contributed by atoms with E-state index in [-0.39, 0.29) is 5.91 Å². The molecule has 0 aliphatic heterocycles. The van der Waals surface area contributed by atoms with E-state index in [1.807, 2.05) is 60.7 Å². The Bertz CT molecular complexity index is 1600. The van der Waals surface area contributed by atoms with Crippen LogP contribution < -0.4 is 5.32 Å². The lowest BCUT2D eigenvalue weighted by molar-refractivity contribution is -0.115. The van der Waals surface area contributed by atoms with Gasteiger partial charge >= 0.3 is 0 Å². The Balaban J connectivity index is 1.30. The van der Waals surface area contributed by atoms with Gasteiger partial charge in [-0.3, -0.25) is 14.9 Å². The second kappa shape index (κ2) is 8.21. The molecule has 5 heterocycles. The zero-order chi connectivity index (χ0) is 22.9. The molecule has 1 aromatic carbocycles. The van der Waals surface area contributed by atoms with Crippen molar-refractivity contribution in [2.24, 2.45) is 0 Å². The van der Waals surface area contributed by atoms with Crippen LogP contribution in [0.4, 0.5) is 5.69 Å². The number of carbonyl (C=O) groups is 1. The van der Waals surface area contributed by atoms with Gasteiger partial charge in [0.1, 0.15) is 5.52 Å². The fourth-order valence-electron chi connectivity index (χ4n) is 3.82. The average Bonchev–Trinajstić information content (AvgIpc) is 3.48. The van der Waals surface area contributed by atoms with E-state index in [0.717, 1.165) is 22.2 Å². The minimum Gasteiger partial charge on any atom is -0.335 e. The maximum atomic E-state index is 12.5. The molecule has 5 aromatic heterocycles. The molecule has 3 N–H and O–H groups in total. The van der Waals surface area contributed by atoms with Gasteiger partial charge in [0.15, 0.2) is 17.2 Å². The fourth-order valence-corrected chi connectivity index (χ4v) is 3.82. The molecule has 1 amide bonds. The number of H-pyrrole nitrogens is 2. The van der Waals surface area contributed by atoms with Crippen LogP contribution >= 0.6 is 0 Å². The highest BCUT2D eigenvalue weighted by atomic mass is 16.1. The summed E-state index contributed by atoms with van der Waals surface area (Å²) < 4.78 is 0. The van der Waals surface area contributed by atoms with E-state index < -0.39 is 0 Å². The lowest BCUT2D eigenvalue weighted by Gasteiger charge is -2.07. The van der Waals surface area contributed by atoms with Crippen LogP contribution in [-0.2, 0) is 11.2 Å². The van der Waals surface area contributed by atoms with Crippen LogP contribution in [0.2, 0.25) is 0 Å². The lowest BCUT2D eigenvalue weighted by Crippen LogP contribution is -2.14. The van der Waals surface area contributed by atoms with Gasteiger partial charge in [-0.05, 0) is 35.9 Å². The molecule has 0 aliphatic rings. The molecule has 0 saturated heterocycles. The molecule has 0 aliphatic carbocycles. The Labute approximate surface area is 193 Å². The maximum Gasteiger partial charge on any atom is 0.228 e. The molecular formula is C25H18N8O. The third-order valence-corrected chi connectivity index (χ3v) is 5.41. The summed E-state index contributed by atoms with van der Waals surface area (Å²) >= 11 is 0. The van der Waals surface area contributed by atoms with Crippen molar-refractivity contribution in [1.29, 1.82) is 0 Å². The van der Waals surface area contributed by atoms with Gasteiger partial charge in [-0.2, -0.15) is 5.10 Å². The van der Waals surface area contributed by atoms with Crippen LogP contribution in [-0.4, -0.2) is 41.0 Å². The summed E-state index contributed by atoms with van der Waals surface area (Å²) in [6, 6.07) is 19.0. The fraction of sp³-hybridized carbons (Fsp3) is 0.0400. The Morgan fingerprint density at radius 3 is 2.74 bits per heavy atom. The van der Waals surface area contributed by atoms with Gasteiger partial charge in [-0.15, -0.1) is 0 Å². The summed E-state index contributed by atoms with van der Waals surface area (Å²) in [7, 11) is 0. The van der Waals surface area contributed by atoms with Crippen LogP contribution in [0.15, 0.2) is 79.3 Å². The smallest absolute Gasteiger partial charge is 0.228 e. The van der Waals surface area contributed by atoms with Crippen LogP contribution in [0, 0.1) is 0 Å². The molecule has 34 heavy (non-hydrogen) atoms. The van der Waals surface area contributed by atoms with E-state index in [4.69, 9.17) is 4.98 Å². The summed E-state index contributed by atoms with van der Waals surface area (Å²) in [4.78, 5) is 33.6. The maximum absolute atomic E-state index is 12.5. The first-order valence-electron chi connectivity index (χ1n) is 10.7. The van der Waals surface area contributed by atoms with Crippen LogP contribution in [0.3, 0.4) is 0 Å². The van der Waals surface area contributed by atoms with Crippen molar-refractivity contribution in [3.63, 3.8) is 0 Å². The highest BCUT2D eigenvalue weighted by Crippen LogP contribution is 2.28. The van der Waals surface area contributed by atoms with Crippen molar-refractivity contribution >= 4 is 33.8 Å². The van der Waals surface area contributed by atoms with Gasteiger partial charge in [0, 0.05) is 18.0 Å². The predicted molar refractivity (Wildman–Crippen MR) is 129 cm³/mol. The summed E-state index contributed by atoms with van der Waals surface area (Å²) in [6.07, 6.45) is 5.33. The molecule has 0 radical (unpaired) electrons. The van der Waals surface area contributed by atoms with E-state index in [2.05, 4.69) is 35.5 Å². The first kappa shape index (κ1) is 19.7. The van der Waals surface area contributed by atoms with Gasteiger partial charge in [0.25, 0.3) is 0 Å². The number of nitrogens with one attached hydrogen (secondary N) is 3. The Kier molecular flexibility index (Phi) is 4.77. The van der Waals surface area contributed by atoms with E-state index in [9.17, 15) is 4.79 Å². The third kappa shape index (κ3) is 3.75. The largest absolute Gasteiger partial charge is 0.335 e. The topological polar surface area (TPSA) is 125 Å². The molecule has 0 bridgehead atoms. The monoisotopic (exact) mass is 446 g/mol. The normalized spacial score (nSPS) is 11.2. The van der Waals surface area contributed by atoms with Crippen molar-refractivity contribution in [1.82, 2.24) is 35.1 Å². The second-order valence-electron chi connectivity index (χ2n) is 7.80. The predicted octanol–water partition coefficient (Wildman–Crippen LogP) is 4.14. The number of benzene rings is 1. The van der Waals surface area contributed by atoms with E-state index in [0.29, 0.717) is 40.5 Å². The number of rotatable bonds is 5. The van der Waals surface area contributed by atoms with Gasteiger partial charge in [0.2, 0.25) is 5.91 Å². The number of carbonyl (C=O) groups excluding carboxylic acids is 1. The summed E-state index contributed by atoms with van der Waals surface area (Å²) in [5, 5.41) is 10.3. The zero-order valence-corrected chi connectivity index (χ0v) is 17.9. The second-order valence-corrected chi connectivity index (χ2v) is 7.80. The van der Waals surface area contributed by atoms with Gasteiger partial charge in [-0.25, -0.2) is 15.0 Å². The van der Waals surface area contributed by atoms with Crippen LogP contribution in [0.1, 0.15) is 5.56 Å². The van der Waals surface area contributed by atoms with Crippen LogP contribution in [0.25, 0.3) is 45.0 Å². The standard InChI is InChI=1S/C25H18N8O/c34-21(11-15-5-2-1-3-6-15)28-17-12-16(13-26-14-17)18-8-9-19-22(29-18)23(33-32-19)25-30-20-7-4-10-27-24(20)31-25/h1-10,12-14H,11H2,(H,28,34)(H,32,33)(H,27,30,31). The quantitative estimate of drug-likeness (QED) is 0.365. The number of amides is 1. The van der Waals surface area contributed by atoms with E-state index >= 15 is 0 Å². The molecule has 164 valence electrons. The third-order valence-electron chi connectivity index (χ3n) is 5.41. The SMILES string of the molecule is O=C(Cc1ccccc1)Nc1cncc(-c2ccc3[nH]nc(-c4nc5ncccc5[nH]4)c3n2)c1. The molecule has 9 nitrogen and oxygen atoms in total. The Morgan fingerprint density at radius 1 is 0.941 bits per heavy atom. The van der Waals surface area contributed by atoms with Crippen molar-refractivity contribution in [2.45, 2.75) is 6.42 Å². The average molecular weight is 446 g/mol. The summed E-state index contributed by atoms with van der Waals surface area (Å²) in [5.41, 5.74) is 6.55. The number of hydrogen-bond donors (Lipinski definition) is 3. The number of imidazole rings is 1.